The van der Waals surface area contributed by atoms with Crippen LogP contribution in [0.3, 0.4) is 0 Å². The molecule has 0 fully saturated rings. The van der Waals surface area contributed by atoms with E-state index >= 15 is 0 Å². The molecule has 2 aromatic carbocycles. The van der Waals surface area contributed by atoms with E-state index in [1.54, 1.807) is 0 Å². The molecular weight excluding hydrogens is 274 g/mol. The first-order chi connectivity index (χ1) is 10.6. The number of hydrogen-bond acceptors (Lipinski definition) is 3. The van der Waals surface area contributed by atoms with Crippen LogP contribution in [-0.4, -0.2) is 10.9 Å². The van der Waals surface area contributed by atoms with Crippen LogP contribution in [0, 0.1) is 5.41 Å². The van der Waals surface area contributed by atoms with Gasteiger partial charge in [-0.1, -0.05) is 54.6 Å². The molecule has 0 radical (unpaired) electrons. The second-order valence-corrected chi connectivity index (χ2v) is 5.20. The summed E-state index contributed by atoms with van der Waals surface area (Å²) >= 11 is 0. The normalized spacial score (nSPS) is 11.7. The van der Waals surface area contributed by atoms with Gasteiger partial charge >= 0.3 is 0 Å². The maximum Gasteiger partial charge on any atom is 0.122 e. The highest BCUT2D eigenvalue weighted by Crippen LogP contribution is 2.09. The monoisotopic (exact) mass is 295 g/mol. The molecule has 4 nitrogen and oxygen atoms in total. The van der Waals surface area contributed by atoms with Crippen molar-refractivity contribution in [3.63, 3.8) is 0 Å². The second kappa shape index (κ2) is 7.31. The standard InChI is InChI=1S/C18H21N3O/c1-13(17(22)11-14-5-3-2-4-6-14)21-12-15-7-9-16(10-8-15)18(19)20/h2-10,21-22H,11-12H2,1H3,(H3,19,20). The molecular formula is C18H21N3O. The summed E-state index contributed by atoms with van der Waals surface area (Å²) in [5, 5.41) is 20.7. The Labute approximate surface area is 130 Å². The van der Waals surface area contributed by atoms with Crippen molar-refractivity contribution in [2.45, 2.75) is 19.9 Å². The highest BCUT2D eigenvalue weighted by Gasteiger charge is 2.03. The molecule has 0 aliphatic rings. The van der Waals surface area contributed by atoms with Crippen LogP contribution in [-0.2, 0) is 13.0 Å². The van der Waals surface area contributed by atoms with Gasteiger partial charge < -0.3 is 16.2 Å². The van der Waals surface area contributed by atoms with Gasteiger partial charge in [0.15, 0.2) is 0 Å². The number of nitrogen functional groups attached to an aromatic ring is 1. The Hall–Kier alpha value is -2.75. The molecule has 4 heteroatoms. The van der Waals surface area contributed by atoms with Crippen LogP contribution in [0.15, 0.2) is 66.1 Å². The van der Waals surface area contributed by atoms with E-state index in [4.69, 9.17) is 11.1 Å². The molecule has 0 saturated heterocycles. The van der Waals surface area contributed by atoms with E-state index < -0.39 is 0 Å². The SMILES string of the molecule is CC(NCc1ccc(C(=N)N)cc1)=C(O)Cc1ccccc1. The second-order valence-electron chi connectivity index (χ2n) is 5.20. The van der Waals surface area contributed by atoms with Crippen molar-refractivity contribution in [1.29, 1.82) is 5.41 Å². The van der Waals surface area contributed by atoms with Crippen LogP contribution in [0.4, 0.5) is 0 Å². The van der Waals surface area contributed by atoms with E-state index in [0.29, 0.717) is 24.3 Å². The number of aliphatic hydroxyl groups is 1. The summed E-state index contributed by atoms with van der Waals surface area (Å²) in [4.78, 5) is 0. The Kier molecular flexibility index (Phi) is 5.20. The number of nitrogens with two attached hydrogens (primary N) is 1. The molecule has 0 aromatic heterocycles. The van der Waals surface area contributed by atoms with Crippen molar-refractivity contribution >= 4 is 5.84 Å². The lowest BCUT2D eigenvalue weighted by atomic mass is 10.1. The lowest BCUT2D eigenvalue weighted by Crippen LogP contribution is -2.14. The van der Waals surface area contributed by atoms with Gasteiger partial charge in [-0.05, 0) is 18.1 Å². The molecule has 0 unspecified atom stereocenters. The molecule has 0 heterocycles. The van der Waals surface area contributed by atoms with E-state index in [-0.39, 0.29) is 5.84 Å². The Morgan fingerprint density at radius 2 is 1.68 bits per heavy atom. The minimum Gasteiger partial charge on any atom is -0.510 e. The summed E-state index contributed by atoms with van der Waals surface area (Å²) < 4.78 is 0. The van der Waals surface area contributed by atoms with Crippen molar-refractivity contribution in [2.24, 2.45) is 5.73 Å². The first-order valence-electron chi connectivity index (χ1n) is 7.16. The van der Waals surface area contributed by atoms with E-state index in [9.17, 15) is 5.11 Å². The van der Waals surface area contributed by atoms with Crippen LogP contribution >= 0.6 is 0 Å². The van der Waals surface area contributed by atoms with E-state index in [2.05, 4.69) is 5.32 Å². The molecule has 22 heavy (non-hydrogen) atoms. The first kappa shape index (κ1) is 15.6. The predicted octanol–water partition coefficient (Wildman–Crippen LogP) is 3.09. The molecule has 5 N–H and O–H groups in total. The number of allylic oxidation sites excluding steroid dienone is 2. The van der Waals surface area contributed by atoms with Crippen LogP contribution < -0.4 is 11.1 Å². The van der Waals surface area contributed by atoms with Gasteiger partial charge in [0.25, 0.3) is 0 Å². The largest absolute Gasteiger partial charge is 0.510 e. The number of benzene rings is 2. The molecule has 2 aromatic rings. The number of rotatable bonds is 6. The predicted molar refractivity (Wildman–Crippen MR) is 89.8 cm³/mol. The maximum atomic E-state index is 10.1. The average Bonchev–Trinajstić information content (AvgIpc) is 2.53. The molecule has 0 saturated carbocycles. The van der Waals surface area contributed by atoms with Gasteiger partial charge in [0, 0.05) is 24.2 Å². The number of hydrogen-bond donors (Lipinski definition) is 4. The van der Waals surface area contributed by atoms with Crippen molar-refractivity contribution < 1.29 is 5.11 Å². The average molecular weight is 295 g/mol. The fourth-order valence-corrected chi connectivity index (χ4v) is 2.06. The molecule has 0 aliphatic carbocycles. The zero-order chi connectivity index (χ0) is 15.9. The fourth-order valence-electron chi connectivity index (χ4n) is 2.06. The molecule has 0 atom stereocenters. The van der Waals surface area contributed by atoms with Crippen molar-refractivity contribution in [2.75, 3.05) is 0 Å². The van der Waals surface area contributed by atoms with Crippen LogP contribution in [0.5, 0.6) is 0 Å². The Bertz CT molecular complexity index is 660. The van der Waals surface area contributed by atoms with Crippen LogP contribution in [0.2, 0.25) is 0 Å². The fraction of sp³-hybridized carbons (Fsp3) is 0.167. The van der Waals surface area contributed by atoms with Gasteiger partial charge in [0.05, 0.1) is 0 Å². The third-order valence-electron chi connectivity index (χ3n) is 3.47. The van der Waals surface area contributed by atoms with E-state index in [1.807, 2.05) is 61.5 Å². The number of nitrogens with one attached hydrogen (secondary N) is 2. The quantitative estimate of drug-likeness (QED) is 0.375. The third kappa shape index (κ3) is 4.38. The highest BCUT2D eigenvalue weighted by atomic mass is 16.3. The zero-order valence-electron chi connectivity index (χ0n) is 12.6. The summed E-state index contributed by atoms with van der Waals surface area (Å²) in [6, 6.07) is 17.3. The molecule has 0 aliphatic heterocycles. The smallest absolute Gasteiger partial charge is 0.122 e. The highest BCUT2D eigenvalue weighted by molar-refractivity contribution is 5.94. The summed E-state index contributed by atoms with van der Waals surface area (Å²) in [6.45, 7) is 2.48. The lowest BCUT2D eigenvalue weighted by Gasteiger charge is -2.10. The summed E-state index contributed by atoms with van der Waals surface area (Å²) in [5.41, 5.74) is 9.04. The molecule has 2 rings (SSSR count). The van der Waals surface area contributed by atoms with Crippen molar-refractivity contribution in [3.8, 4) is 0 Å². The Morgan fingerprint density at radius 3 is 2.27 bits per heavy atom. The maximum absolute atomic E-state index is 10.1. The molecule has 114 valence electrons. The van der Waals surface area contributed by atoms with Gasteiger partial charge in [0.1, 0.15) is 11.6 Å². The van der Waals surface area contributed by atoms with Gasteiger partial charge in [0.2, 0.25) is 0 Å². The number of amidine groups is 1. The Balaban J connectivity index is 1.94. The van der Waals surface area contributed by atoms with E-state index in [1.165, 1.54) is 0 Å². The number of aliphatic hydroxyl groups excluding tert-OH is 1. The third-order valence-corrected chi connectivity index (χ3v) is 3.47. The van der Waals surface area contributed by atoms with Crippen LogP contribution in [0.1, 0.15) is 23.6 Å². The topological polar surface area (TPSA) is 82.1 Å². The lowest BCUT2D eigenvalue weighted by molar-refractivity contribution is 0.385. The van der Waals surface area contributed by atoms with Crippen molar-refractivity contribution in [1.82, 2.24) is 5.32 Å². The van der Waals surface area contributed by atoms with Crippen molar-refractivity contribution in [3.05, 3.63) is 82.7 Å². The zero-order valence-corrected chi connectivity index (χ0v) is 12.6. The van der Waals surface area contributed by atoms with Gasteiger partial charge in [-0.2, -0.15) is 0 Å². The minimum atomic E-state index is 0.0658. The first-order valence-corrected chi connectivity index (χ1v) is 7.16. The Morgan fingerprint density at radius 1 is 1.05 bits per heavy atom. The van der Waals surface area contributed by atoms with Gasteiger partial charge in [-0.3, -0.25) is 5.41 Å². The summed E-state index contributed by atoms with van der Waals surface area (Å²) in [6.07, 6.45) is 0.517. The molecule has 0 bridgehead atoms. The molecule has 0 amide bonds. The summed E-state index contributed by atoms with van der Waals surface area (Å²) in [5.74, 6) is 0.405. The summed E-state index contributed by atoms with van der Waals surface area (Å²) in [7, 11) is 0. The molecule has 0 spiro atoms. The van der Waals surface area contributed by atoms with E-state index in [0.717, 1.165) is 16.8 Å². The minimum absolute atomic E-state index is 0.0658. The van der Waals surface area contributed by atoms with Crippen LogP contribution in [0.25, 0.3) is 0 Å². The van der Waals surface area contributed by atoms with Gasteiger partial charge in [-0.15, -0.1) is 0 Å². The van der Waals surface area contributed by atoms with Gasteiger partial charge in [-0.25, -0.2) is 0 Å².